The molecule has 2 nitrogen and oxygen atoms in total. The number of nitrogens with zero attached hydrogens (tertiary/aromatic N) is 1. The molecule has 20 heavy (non-hydrogen) atoms. The van der Waals surface area contributed by atoms with Crippen molar-refractivity contribution in [2.75, 3.05) is 6.26 Å². The van der Waals surface area contributed by atoms with E-state index in [-0.39, 0.29) is 0 Å². The molecule has 0 aliphatic heterocycles. The molecule has 2 aromatic carbocycles. The largest absolute Gasteiger partial charge is 0.252 e. The summed E-state index contributed by atoms with van der Waals surface area (Å²) in [6.45, 7) is 0. The van der Waals surface area contributed by atoms with E-state index in [4.69, 9.17) is 0 Å². The van der Waals surface area contributed by atoms with Crippen LogP contribution in [0.3, 0.4) is 0 Å². The van der Waals surface area contributed by atoms with Crippen molar-refractivity contribution in [1.29, 1.82) is 0 Å². The first-order valence-corrected chi connectivity index (χ1v) is 8.58. The third-order valence-corrected chi connectivity index (χ3v) is 5.37. The average Bonchev–Trinajstić information content (AvgIpc) is 2.94. The molecule has 0 bridgehead atoms. The van der Waals surface area contributed by atoms with Crippen LogP contribution in [-0.2, 0) is 10.8 Å². The van der Waals surface area contributed by atoms with Crippen molar-refractivity contribution in [1.82, 2.24) is 4.98 Å². The third-order valence-electron chi connectivity index (χ3n) is 2.94. The smallest absolute Gasteiger partial charge is 0.181 e. The van der Waals surface area contributed by atoms with Gasteiger partial charge in [-0.1, -0.05) is 60.7 Å². The van der Waals surface area contributed by atoms with Gasteiger partial charge >= 0.3 is 0 Å². The van der Waals surface area contributed by atoms with Crippen molar-refractivity contribution >= 4 is 22.1 Å². The van der Waals surface area contributed by atoms with E-state index < -0.39 is 10.8 Å². The van der Waals surface area contributed by atoms with E-state index in [1.54, 1.807) is 6.26 Å². The summed E-state index contributed by atoms with van der Waals surface area (Å²) in [6, 6.07) is 20.2. The number of benzene rings is 2. The standard InChI is InChI=1S/C16H13NOS2/c1-20(18)16-17-14(12-8-4-2-5-9-12)15(19-16)13-10-6-3-7-11-13/h2-11H,1H3. The molecule has 1 aromatic heterocycles. The summed E-state index contributed by atoms with van der Waals surface area (Å²) in [7, 11) is -1.06. The molecule has 0 spiro atoms. The normalized spacial score (nSPS) is 12.2. The summed E-state index contributed by atoms with van der Waals surface area (Å²) in [5.74, 6) is 0. The minimum atomic E-state index is -1.06. The Morgan fingerprint density at radius 2 is 1.45 bits per heavy atom. The fraction of sp³-hybridized carbons (Fsp3) is 0.0625. The first-order chi connectivity index (χ1) is 9.75. The molecule has 0 aliphatic rings. The van der Waals surface area contributed by atoms with Gasteiger partial charge in [-0.15, -0.1) is 11.3 Å². The molecule has 0 radical (unpaired) electrons. The van der Waals surface area contributed by atoms with E-state index >= 15 is 0 Å². The molecule has 0 fully saturated rings. The quantitative estimate of drug-likeness (QED) is 0.725. The SMILES string of the molecule is CS(=O)c1nc(-c2ccccc2)c(-c2ccccc2)s1. The highest BCUT2D eigenvalue weighted by Crippen LogP contribution is 2.37. The highest BCUT2D eigenvalue weighted by Gasteiger charge is 2.16. The van der Waals surface area contributed by atoms with Crippen LogP contribution in [0.1, 0.15) is 0 Å². The first kappa shape index (κ1) is 13.2. The zero-order chi connectivity index (χ0) is 13.9. The van der Waals surface area contributed by atoms with Gasteiger partial charge in [-0.3, -0.25) is 4.21 Å². The number of hydrogen-bond acceptors (Lipinski definition) is 3. The Balaban J connectivity index is 2.20. The van der Waals surface area contributed by atoms with Gasteiger partial charge in [0.15, 0.2) is 4.34 Å². The van der Waals surface area contributed by atoms with Crippen LogP contribution in [0.5, 0.6) is 0 Å². The Labute approximate surface area is 124 Å². The predicted octanol–water partition coefficient (Wildman–Crippen LogP) is 4.21. The second-order valence-corrected chi connectivity index (χ2v) is 6.90. The maximum Gasteiger partial charge on any atom is 0.181 e. The zero-order valence-electron chi connectivity index (χ0n) is 10.9. The Morgan fingerprint density at radius 3 is 2.00 bits per heavy atom. The van der Waals surface area contributed by atoms with Crippen molar-refractivity contribution in [3.05, 3.63) is 60.7 Å². The maximum atomic E-state index is 11.7. The lowest BCUT2D eigenvalue weighted by Crippen LogP contribution is -1.86. The summed E-state index contributed by atoms with van der Waals surface area (Å²) in [6.07, 6.45) is 1.67. The minimum absolute atomic E-state index is 0.669. The van der Waals surface area contributed by atoms with Crippen LogP contribution in [0.15, 0.2) is 65.0 Å². The lowest BCUT2D eigenvalue weighted by Gasteiger charge is -2.02. The summed E-state index contributed by atoms with van der Waals surface area (Å²) in [5.41, 5.74) is 3.08. The van der Waals surface area contributed by atoms with E-state index in [1.165, 1.54) is 11.3 Å². The fourth-order valence-corrected chi connectivity index (χ4v) is 3.77. The lowest BCUT2D eigenvalue weighted by atomic mass is 10.1. The molecular weight excluding hydrogens is 286 g/mol. The molecule has 1 atom stereocenters. The molecule has 1 unspecified atom stereocenters. The molecule has 100 valence electrons. The van der Waals surface area contributed by atoms with Gasteiger partial charge in [0.1, 0.15) is 0 Å². The Kier molecular flexibility index (Phi) is 3.76. The van der Waals surface area contributed by atoms with Crippen LogP contribution < -0.4 is 0 Å². The molecule has 0 aliphatic carbocycles. The Hall–Kier alpha value is -1.78. The molecule has 3 rings (SSSR count). The monoisotopic (exact) mass is 299 g/mol. The molecule has 0 saturated carbocycles. The van der Waals surface area contributed by atoms with Crippen LogP contribution in [-0.4, -0.2) is 15.4 Å². The van der Waals surface area contributed by atoms with Crippen molar-refractivity contribution in [2.24, 2.45) is 0 Å². The molecule has 1 heterocycles. The van der Waals surface area contributed by atoms with Crippen molar-refractivity contribution in [3.8, 4) is 21.7 Å². The lowest BCUT2D eigenvalue weighted by molar-refractivity contribution is 0.686. The molecule has 0 N–H and O–H groups in total. The topological polar surface area (TPSA) is 30.0 Å². The molecule has 0 amide bonds. The Morgan fingerprint density at radius 1 is 0.900 bits per heavy atom. The van der Waals surface area contributed by atoms with Gasteiger partial charge in [0, 0.05) is 11.8 Å². The maximum absolute atomic E-state index is 11.7. The van der Waals surface area contributed by atoms with Gasteiger partial charge in [-0.25, -0.2) is 4.98 Å². The van der Waals surface area contributed by atoms with Crippen LogP contribution in [0.25, 0.3) is 21.7 Å². The van der Waals surface area contributed by atoms with Gasteiger partial charge < -0.3 is 0 Å². The van der Waals surface area contributed by atoms with Crippen LogP contribution >= 0.6 is 11.3 Å². The van der Waals surface area contributed by atoms with Gasteiger partial charge in [0.25, 0.3) is 0 Å². The number of rotatable bonds is 3. The Bertz CT molecular complexity index is 679. The second-order valence-electron chi connectivity index (χ2n) is 4.34. The fourth-order valence-electron chi connectivity index (χ4n) is 2.00. The number of hydrogen-bond donors (Lipinski definition) is 0. The van der Waals surface area contributed by atoms with Crippen molar-refractivity contribution < 1.29 is 4.21 Å². The minimum Gasteiger partial charge on any atom is -0.252 e. The highest BCUT2D eigenvalue weighted by molar-refractivity contribution is 7.86. The van der Waals surface area contributed by atoms with Gasteiger partial charge in [0.05, 0.1) is 21.4 Å². The van der Waals surface area contributed by atoms with Crippen LogP contribution in [0.2, 0.25) is 0 Å². The summed E-state index contributed by atoms with van der Waals surface area (Å²) in [5, 5.41) is 0. The van der Waals surface area contributed by atoms with Crippen molar-refractivity contribution in [3.63, 3.8) is 0 Å². The highest BCUT2D eigenvalue weighted by atomic mass is 32.2. The van der Waals surface area contributed by atoms with Crippen molar-refractivity contribution in [2.45, 2.75) is 4.34 Å². The van der Waals surface area contributed by atoms with Gasteiger partial charge in [-0.05, 0) is 5.56 Å². The summed E-state index contributed by atoms with van der Waals surface area (Å²) in [4.78, 5) is 5.65. The molecule has 3 aromatic rings. The molecular formula is C16H13NOS2. The zero-order valence-corrected chi connectivity index (χ0v) is 12.6. The van der Waals surface area contributed by atoms with E-state index in [1.807, 2.05) is 48.5 Å². The van der Waals surface area contributed by atoms with E-state index in [0.717, 1.165) is 21.7 Å². The first-order valence-electron chi connectivity index (χ1n) is 6.21. The number of aromatic nitrogens is 1. The van der Waals surface area contributed by atoms with E-state index in [0.29, 0.717) is 4.34 Å². The predicted molar refractivity (Wildman–Crippen MR) is 85.3 cm³/mol. The third kappa shape index (κ3) is 2.57. The van der Waals surface area contributed by atoms with Crippen LogP contribution in [0, 0.1) is 0 Å². The summed E-state index contributed by atoms with van der Waals surface area (Å²) < 4.78 is 12.4. The molecule has 0 saturated heterocycles. The number of thiazole rings is 1. The van der Waals surface area contributed by atoms with Gasteiger partial charge in [0.2, 0.25) is 0 Å². The molecule has 4 heteroatoms. The van der Waals surface area contributed by atoms with Gasteiger partial charge in [-0.2, -0.15) is 0 Å². The van der Waals surface area contributed by atoms with E-state index in [9.17, 15) is 4.21 Å². The average molecular weight is 299 g/mol. The second kappa shape index (κ2) is 5.69. The van der Waals surface area contributed by atoms with E-state index in [2.05, 4.69) is 17.1 Å². The van der Waals surface area contributed by atoms with Crippen LogP contribution in [0.4, 0.5) is 0 Å². The summed E-state index contributed by atoms with van der Waals surface area (Å²) >= 11 is 1.50.